The maximum atomic E-state index is 11.6. The molecule has 2 N–H and O–H groups in total. The van der Waals surface area contributed by atoms with Gasteiger partial charge in [0.15, 0.2) is 9.84 Å². The molecule has 0 aromatic rings. The summed E-state index contributed by atoms with van der Waals surface area (Å²) in [5.74, 6) is 0.477. The second-order valence-corrected chi connectivity index (χ2v) is 7.68. The van der Waals surface area contributed by atoms with E-state index in [1.807, 2.05) is 7.05 Å². The second-order valence-electron chi connectivity index (χ2n) is 5.50. The minimum atomic E-state index is -2.90. The molecule has 1 atom stereocenters. The molecule has 5 heteroatoms. The van der Waals surface area contributed by atoms with Gasteiger partial charge >= 0.3 is 0 Å². The van der Waals surface area contributed by atoms with Crippen LogP contribution >= 0.6 is 0 Å². The van der Waals surface area contributed by atoms with Crippen molar-refractivity contribution in [3.05, 3.63) is 0 Å². The average molecular weight is 248 g/mol. The first-order valence-electron chi connectivity index (χ1n) is 5.83. The van der Waals surface area contributed by atoms with Gasteiger partial charge in [0.25, 0.3) is 0 Å². The van der Waals surface area contributed by atoms with Crippen LogP contribution in [0.5, 0.6) is 0 Å². The Balaban J connectivity index is 3.00. The molecule has 0 bridgehead atoms. The van der Waals surface area contributed by atoms with E-state index in [9.17, 15) is 8.42 Å². The van der Waals surface area contributed by atoms with Crippen molar-refractivity contribution in [2.75, 3.05) is 25.1 Å². The molecule has 0 radical (unpaired) electrons. The van der Waals surface area contributed by atoms with Crippen LogP contribution in [0.3, 0.4) is 0 Å². The van der Waals surface area contributed by atoms with E-state index in [2.05, 4.69) is 25.7 Å². The van der Waals surface area contributed by atoms with Gasteiger partial charge in [-0.25, -0.2) is 8.42 Å². The Bertz CT molecular complexity index is 351. The minimum Gasteiger partial charge on any atom is -0.329 e. The zero-order chi connectivity index (χ0) is 12.6. The van der Waals surface area contributed by atoms with Gasteiger partial charge in [0.1, 0.15) is 0 Å². The van der Waals surface area contributed by atoms with Gasteiger partial charge < -0.3 is 5.73 Å². The molecule has 1 fully saturated rings. The molecule has 1 rings (SSSR count). The van der Waals surface area contributed by atoms with Crippen LogP contribution in [-0.2, 0) is 9.84 Å². The fourth-order valence-electron chi connectivity index (χ4n) is 2.34. The highest BCUT2D eigenvalue weighted by atomic mass is 32.2. The lowest BCUT2D eigenvalue weighted by atomic mass is 9.89. The van der Waals surface area contributed by atoms with E-state index in [1.165, 1.54) is 0 Å². The van der Waals surface area contributed by atoms with E-state index in [1.54, 1.807) is 0 Å². The number of hydrogen-bond donors (Lipinski definition) is 1. The van der Waals surface area contributed by atoms with E-state index >= 15 is 0 Å². The molecule has 0 aromatic heterocycles. The zero-order valence-electron chi connectivity index (χ0n) is 10.8. The lowest BCUT2D eigenvalue weighted by Gasteiger charge is -2.47. The normalized spacial score (nSPS) is 29.9. The quantitative estimate of drug-likeness (QED) is 0.792. The maximum Gasteiger partial charge on any atom is 0.152 e. The van der Waals surface area contributed by atoms with Gasteiger partial charge in [-0.15, -0.1) is 0 Å². The summed E-state index contributed by atoms with van der Waals surface area (Å²) in [6, 6.07) is 0. The molecule has 1 saturated heterocycles. The van der Waals surface area contributed by atoms with Gasteiger partial charge in [-0.1, -0.05) is 6.92 Å². The van der Waals surface area contributed by atoms with Crippen LogP contribution in [0.2, 0.25) is 0 Å². The van der Waals surface area contributed by atoms with Crippen LogP contribution in [-0.4, -0.2) is 49.5 Å². The smallest absolute Gasteiger partial charge is 0.152 e. The monoisotopic (exact) mass is 248 g/mol. The van der Waals surface area contributed by atoms with Gasteiger partial charge in [-0.05, 0) is 33.7 Å². The van der Waals surface area contributed by atoms with Crippen LogP contribution in [0.25, 0.3) is 0 Å². The van der Waals surface area contributed by atoms with E-state index in [-0.39, 0.29) is 22.6 Å². The van der Waals surface area contributed by atoms with E-state index in [0.717, 1.165) is 6.42 Å². The van der Waals surface area contributed by atoms with Crippen LogP contribution in [0.4, 0.5) is 0 Å². The van der Waals surface area contributed by atoms with Crippen LogP contribution in [0.1, 0.15) is 33.6 Å². The number of nitrogens with two attached hydrogens (primary N) is 1. The molecule has 16 heavy (non-hydrogen) atoms. The van der Waals surface area contributed by atoms with Crippen molar-refractivity contribution in [2.45, 2.75) is 44.7 Å². The summed E-state index contributed by atoms with van der Waals surface area (Å²) in [6.45, 7) is 6.79. The summed E-state index contributed by atoms with van der Waals surface area (Å²) < 4.78 is 23.3. The largest absolute Gasteiger partial charge is 0.329 e. The second kappa shape index (κ2) is 4.27. The van der Waals surface area contributed by atoms with E-state index in [4.69, 9.17) is 5.73 Å². The topological polar surface area (TPSA) is 63.4 Å². The van der Waals surface area contributed by atoms with Crippen LogP contribution < -0.4 is 5.73 Å². The van der Waals surface area contributed by atoms with Crippen molar-refractivity contribution < 1.29 is 8.42 Å². The molecule has 0 spiro atoms. The Hall–Kier alpha value is -0.130. The molecule has 4 nitrogen and oxygen atoms in total. The first-order chi connectivity index (χ1) is 7.19. The minimum absolute atomic E-state index is 0.0147. The SMILES string of the molecule is CCC(C)(C)N(C)C1(CN)CCS(=O)(=O)C1. The molecule has 1 unspecified atom stereocenters. The van der Waals surface area contributed by atoms with Gasteiger partial charge in [0.05, 0.1) is 11.5 Å². The lowest BCUT2D eigenvalue weighted by Crippen LogP contribution is -2.60. The number of hydrogen-bond acceptors (Lipinski definition) is 4. The van der Waals surface area contributed by atoms with Crippen molar-refractivity contribution in [3.63, 3.8) is 0 Å². The summed E-state index contributed by atoms with van der Waals surface area (Å²) in [7, 11) is -0.904. The zero-order valence-corrected chi connectivity index (χ0v) is 11.6. The van der Waals surface area contributed by atoms with Crippen molar-refractivity contribution in [3.8, 4) is 0 Å². The van der Waals surface area contributed by atoms with Gasteiger partial charge in [0.2, 0.25) is 0 Å². The van der Waals surface area contributed by atoms with Crippen molar-refractivity contribution in [2.24, 2.45) is 5.73 Å². The summed E-state index contributed by atoms with van der Waals surface area (Å²) in [5.41, 5.74) is 5.46. The molecule has 0 aromatic carbocycles. The summed E-state index contributed by atoms with van der Waals surface area (Å²) >= 11 is 0. The molecule has 1 heterocycles. The maximum absolute atomic E-state index is 11.6. The van der Waals surface area contributed by atoms with Gasteiger partial charge in [0, 0.05) is 17.6 Å². The molecular weight excluding hydrogens is 224 g/mol. The highest BCUT2D eigenvalue weighted by Crippen LogP contribution is 2.34. The number of nitrogens with zero attached hydrogens (tertiary/aromatic N) is 1. The van der Waals surface area contributed by atoms with Crippen molar-refractivity contribution in [1.82, 2.24) is 4.90 Å². The Morgan fingerprint density at radius 1 is 1.44 bits per heavy atom. The summed E-state index contributed by atoms with van der Waals surface area (Å²) in [5, 5.41) is 0. The number of likely N-dealkylation sites (N-methyl/N-ethyl adjacent to an activating group) is 1. The van der Waals surface area contributed by atoms with Crippen LogP contribution in [0.15, 0.2) is 0 Å². The fourth-order valence-corrected chi connectivity index (χ4v) is 4.45. The molecular formula is C11H24N2O2S. The summed E-state index contributed by atoms with van der Waals surface area (Å²) in [4.78, 5) is 2.17. The standard InChI is InChI=1S/C11H24N2O2S/c1-5-10(2,3)13(4)11(8-12)6-7-16(14,15)9-11/h5-9,12H2,1-4H3. The Morgan fingerprint density at radius 2 is 2.00 bits per heavy atom. The van der Waals surface area contributed by atoms with Gasteiger partial charge in [-0.2, -0.15) is 0 Å². The first kappa shape index (κ1) is 13.9. The predicted octanol–water partition coefficient (Wildman–Crippen LogP) is 0.623. The van der Waals surface area contributed by atoms with E-state index in [0.29, 0.717) is 13.0 Å². The lowest BCUT2D eigenvalue weighted by molar-refractivity contribution is 0.0401. The molecule has 1 aliphatic rings. The summed E-state index contributed by atoms with van der Waals surface area (Å²) in [6.07, 6.45) is 1.64. The molecule has 1 aliphatic heterocycles. The average Bonchev–Trinajstić information content (AvgIpc) is 2.54. The number of sulfone groups is 1. The van der Waals surface area contributed by atoms with Crippen molar-refractivity contribution >= 4 is 9.84 Å². The molecule has 0 saturated carbocycles. The third-order valence-corrected chi connectivity index (χ3v) is 6.04. The Labute approximate surface area is 99.1 Å². The number of rotatable bonds is 4. The predicted molar refractivity (Wildman–Crippen MR) is 67.2 cm³/mol. The molecule has 96 valence electrons. The van der Waals surface area contributed by atoms with Crippen molar-refractivity contribution in [1.29, 1.82) is 0 Å². The third-order valence-electron chi connectivity index (χ3n) is 4.23. The highest BCUT2D eigenvalue weighted by Gasteiger charge is 2.47. The third kappa shape index (κ3) is 2.41. The van der Waals surface area contributed by atoms with Crippen LogP contribution in [0, 0.1) is 0 Å². The molecule has 0 amide bonds. The highest BCUT2D eigenvalue weighted by molar-refractivity contribution is 7.91. The van der Waals surface area contributed by atoms with E-state index < -0.39 is 9.84 Å². The first-order valence-corrected chi connectivity index (χ1v) is 7.66. The molecule has 0 aliphatic carbocycles. The fraction of sp³-hybridized carbons (Fsp3) is 1.00. The van der Waals surface area contributed by atoms with Gasteiger partial charge in [-0.3, -0.25) is 4.90 Å². The Morgan fingerprint density at radius 3 is 2.31 bits per heavy atom. The Kier molecular flexibility index (Phi) is 3.72.